The molecule has 3 saturated heterocycles. The minimum absolute atomic E-state index is 0.380. The molecule has 3 aliphatic rings. The van der Waals surface area contributed by atoms with Crippen LogP contribution < -0.4 is 21.9 Å². The molecule has 0 bridgehead atoms. The Morgan fingerprint density at radius 2 is 1.87 bits per heavy atom. The largest absolute Gasteiger partial charge is 0.387 e. The molecular weight excluding hydrogens is 512 g/mol. The van der Waals surface area contributed by atoms with Crippen LogP contribution in [0.2, 0.25) is 0 Å². The highest BCUT2D eigenvalue weighted by Gasteiger charge is 2.50. The van der Waals surface area contributed by atoms with Gasteiger partial charge in [-0.1, -0.05) is 0 Å². The van der Waals surface area contributed by atoms with Crippen LogP contribution in [-0.4, -0.2) is 117 Å². The number of hydrogen-bond acceptors (Lipinski definition) is 12. The number of carbonyl (C=O) groups excluding carboxylic acids is 2. The number of rotatable bonds is 7. The van der Waals surface area contributed by atoms with Crippen LogP contribution in [0.25, 0.3) is 0 Å². The summed E-state index contributed by atoms with van der Waals surface area (Å²) in [7, 11) is 1.29. The number of carbonyl (C=O) groups is 2. The van der Waals surface area contributed by atoms with E-state index in [1.165, 1.54) is 7.11 Å². The summed E-state index contributed by atoms with van der Waals surface area (Å²) in [4.78, 5) is 50.6. The van der Waals surface area contributed by atoms with Gasteiger partial charge in [0, 0.05) is 25.9 Å². The average molecular weight is 545 g/mol. The van der Waals surface area contributed by atoms with Gasteiger partial charge in [0.2, 0.25) is 5.91 Å². The zero-order valence-corrected chi connectivity index (χ0v) is 20.5. The lowest BCUT2D eigenvalue weighted by Crippen LogP contribution is -2.63. The standard InChI is InChI=1S/C22H32N4O12/c1-35-16-10(37-20(15(16)31)26-7-5-11(27)25-22(26)34)8-36-21-14(30)12(28)13(29)17(38-21)19(33)24-9-4-2-3-6-23-18(9)32/h5,7,9-10,12-17,20-21,28-31H,2-4,6,8H2,1H3,(H,23,32)(H,24,33)(H,25,27,34)/t9-,10+,12-,13-,14+,15+,16+,17-,20+,21+/m0/s1. The van der Waals surface area contributed by atoms with E-state index in [-0.39, 0.29) is 5.91 Å². The number of aromatic amines is 1. The Morgan fingerprint density at radius 3 is 2.58 bits per heavy atom. The zero-order valence-electron chi connectivity index (χ0n) is 20.5. The molecule has 0 aliphatic carbocycles. The molecule has 2 amide bonds. The van der Waals surface area contributed by atoms with E-state index in [0.29, 0.717) is 19.4 Å². The monoisotopic (exact) mass is 544 g/mol. The molecule has 0 unspecified atom stereocenters. The van der Waals surface area contributed by atoms with Gasteiger partial charge in [0.05, 0.1) is 6.61 Å². The van der Waals surface area contributed by atoms with Crippen molar-refractivity contribution in [2.45, 2.75) is 80.5 Å². The van der Waals surface area contributed by atoms with Gasteiger partial charge in [-0.05, 0) is 19.3 Å². The number of aliphatic hydroxyl groups excluding tert-OH is 4. The highest BCUT2D eigenvalue weighted by molar-refractivity contribution is 5.89. The van der Waals surface area contributed by atoms with Crippen molar-refractivity contribution in [1.29, 1.82) is 0 Å². The summed E-state index contributed by atoms with van der Waals surface area (Å²) < 4.78 is 23.0. The molecule has 4 rings (SSSR count). The second kappa shape index (κ2) is 12.0. The molecule has 7 N–H and O–H groups in total. The van der Waals surface area contributed by atoms with E-state index in [2.05, 4.69) is 15.6 Å². The first-order valence-corrected chi connectivity index (χ1v) is 12.2. The first kappa shape index (κ1) is 28.3. The van der Waals surface area contributed by atoms with Crippen LogP contribution in [-0.2, 0) is 28.5 Å². The van der Waals surface area contributed by atoms with E-state index in [0.717, 1.165) is 23.3 Å². The number of ether oxygens (including phenoxy) is 4. The van der Waals surface area contributed by atoms with Crippen molar-refractivity contribution >= 4 is 11.8 Å². The van der Waals surface area contributed by atoms with E-state index < -0.39 is 85.1 Å². The van der Waals surface area contributed by atoms with Gasteiger partial charge in [0.15, 0.2) is 18.6 Å². The van der Waals surface area contributed by atoms with E-state index in [1.54, 1.807) is 0 Å². The third-order valence-electron chi connectivity index (χ3n) is 6.81. The molecule has 38 heavy (non-hydrogen) atoms. The molecule has 16 heteroatoms. The van der Waals surface area contributed by atoms with Crippen LogP contribution in [0.4, 0.5) is 0 Å². The summed E-state index contributed by atoms with van der Waals surface area (Å²) in [5.74, 6) is -1.26. The topological polar surface area (TPSA) is 231 Å². The first-order valence-electron chi connectivity index (χ1n) is 12.2. The zero-order chi connectivity index (χ0) is 27.6. The molecule has 0 saturated carbocycles. The predicted octanol–water partition coefficient (Wildman–Crippen LogP) is -4.58. The Kier molecular flexibility index (Phi) is 8.94. The van der Waals surface area contributed by atoms with Crippen molar-refractivity contribution in [3.05, 3.63) is 33.1 Å². The van der Waals surface area contributed by atoms with E-state index >= 15 is 0 Å². The Morgan fingerprint density at radius 1 is 1.11 bits per heavy atom. The smallest absolute Gasteiger partial charge is 0.330 e. The van der Waals surface area contributed by atoms with Crippen molar-refractivity contribution in [3.63, 3.8) is 0 Å². The van der Waals surface area contributed by atoms with Crippen LogP contribution in [0.15, 0.2) is 21.9 Å². The van der Waals surface area contributed by atoms with Gasteiger partial charge in [0.1, 0.15) is 42.7 Å². The fraction of sp³-hybridized carbons (Fsp3) is 0.727. The summed E-state index contributed by atoms with van der Waals surface area (Å²) in [6.07, 6.45) is -10.3. The maximum Gasteiger partial charge on any atom is 0.330 e. The van der Waals surface area contributed by atoms with Crippen LogP contribution in [0.3, 0.4) is 0 Å². The van der Waals surface area contributed by atoms with Crippen molar-refractivity contribution in [2.75, 3.05) is 20.3 Å². The first-order chi connectivity index (χ1) is 18.1. The number of nitrogens with one attached hydrogen (secondary N) is 3. The molecule has 0 spiro atoms. The molecule has 1 aromatic rings. The predicted molar refractivity (Wildman–Crippen MR) is 123 cm³/mol. The number of nitrogens with zero attached hydrogens (tertiary/aromatic N) is 1. The van der Waals surface area contributed by atoms with Crippen LogP contribution >= 0.6 is 0 Å². The Labute approximate surface area is 215 Å². The van der Waals surface area contributed by atoms with Gasteiger partial charge in [-0.3, -0.25) is 23.9 Å². The Bertz CT molecular complexity index is 1110. The lowest BCUT2D eigenvalue weighted by Gasteiger charge is -2.40. The molecule has 16 nitrogen and oxygen atoms in total. The quantitative estimate of drug-likeness (QED) is 0.172. The lowest BCUT2D eigenvalue weighted by molar-refractivity contribution is -0.296. The van der Waals surface area contributed by atoms with Crippen molar-refractivity contribution in [1.82, 2.24) is 20.2 Å². The van der Waals surface area contributed by atoms with Crippen molar-refractivity contribution in [3.8, 4) is 0 Å². The number of H-pyrrole nitrogens is 1. The van der Waals surface area contributed by atoms with Crippen molar-refractivity contribution < 1.29 is 49.0 Å². The number of aliphatic hydroxyl groups is 4. The third kappa shape index (κ3) is 5.81. The fourth-order valence-electron chi connectivity index (χ4n) is 4.73. The van der Waals surface area contributed by atoms with Gasteiger partial charge in [-0.25, -0.2) is 4.79 Å². The number of aromatic nitrogens is 2. The second-order valence-electron chi connectivity index (χ2n) is 9.35. The lowest BCUT2D eigenvalue weighted by atomic mass is 9.97. The number of hydrogen-bond donors (Lipinski definition) is 7. The minimum Gasteiger partial charge on any atom is -0.387 e. The van der Waals surface area contributed by atoms with Gasteiger partial charge in [0.25, 0.3) is 11.5 Å². The van der Waals surface area contributed by atoms with Gasteiger partial charge < -0.3 is 50.0 Å². The SMILES string of the molecule is CO[C@H]1[C@@H](O)[C@H](n2ccc(=O)[nH]c2=O)O[C@@H]1CO[C@@H]1O[C@H](C(=O)N[C@H]2CCCCNC2=O)[C@@H](O)[C@H](O)[C@H]1O. The van der Waals surface area contributed by atoms with E-state index in [4.69, 9.17) is 18.9 Å². The summed E-state index contributed by atoms with van der Waals surface area (Å²) >= 11 is 0. The molecule has 10 atom stereocenters. The molecule has 0 radical (unpaired) electrons. The molecule has 3 aliphatic heterocycles. The number of methoxy groups -OCH3 is 1. The maximum absolute atomic E-state index is 12.8. The maximum atomic E-state index is 12.8. The van der Waals surface area contributed by atoms with Gasteiger partial charge >= 0.3 is 5.69 Å². The minimum atomic E-state index is -1.83. The van der Waals surface area contributed by atoms with Crippen molar-refractivity contribution in [2.24, 2.45) is 0 Å². The molecule has 4 heterocycles. The normalized spacial score (nSPS) is 37.9. The van der Waals surface area contributed by atoms with Gasteiger partial charge in [-0.15, -0.1) is 0 Å². The molecule has 0 aromatic carbocycles. The summed E-state index contributed by atoms with van der Waals surface area (Å²) in [5, 5.41) is 46.9. The van der Waals surface area contributed by atoms with Crippen LogP contribution in [0.5, 0.6) is 0 Å². The van der Waals surface area contributed by atoms with Crippen LogP contribution in [0.1, 0.15) is 25.5 Å². The summed E-state index contributed by atoms with van der Waals surface area (Å²) in [6.45, 7) is 0.0841. The second-order valence-corrected chi connectivity index (χ2v) is 9.35. The highest BCUT2D eigenvalue weighted by Crippen LogP contribution is 2.31. The fourth-order valence-corrected chi connectivity index (χ4v) is 4.73. The molecular formula is C22H32N4O12. The third-order valence-corrected chi connectivity index (χ3v) is 6.81. The Balaban J connectivity index is 1.42. The average Bonchev–Trinajstić information content (AvgIpc) is 3.05. The molecule has 3 fully saturated rings. The molecule has 1 aromatic heterocycles. The summed E-state index contributed by atoms with van der Waals surface area (Å²) in [5.41, 5.74) is -1.46. The number of amides is 2. The highest BCUT2D eigenvalue weighted by atomic mass is 16.7. The molecule has 212 valence electrons. The van der Waals surface area contributed by atoms with E-state index in [9.17, 15) is 39.6 Å². The van der Waals surface area contributed by atoms with E-state index in [1.807, 2.05) is 0 Å². The summed E-state index contributed by atoms with van der Waals surface area (Å²) in [6, 6.07) is 0.222. The Hall–Kier alpha value is -2.70. The van der Waals surface area contributed by atoms with Gasteiger partial charge in [-0.2, -0.15) is 0 Å². The van der Waals surface area contributed by atoms with Crippen LogP contribution in [0, 0.1) is 0 Å².